The van der Waals surface area contributed by atoms with Crippen LogP contribution in [0.4, 0.5) is 0 Å². The van der Waals surface area contributed by atoms with Crippen LogP contribution in [0.3, 0.4) is 0 Å². The van der Waals surface area contributed by atoms with Crippen LogP contribution in [-0.2, 0) is 4.79 Å². The lowest BCUT2D eigenvalue weighted by molar-refractivity contribution is -0.123. The highest BCUT2D eigenvalue weighted by atomic mass is 32.1. The molecule has 1 fully saturated rings. The average Bonchev–Trinajstić information content (AvgIpc) is 3.35. The molecule has 1 aromatic carbocycles. The van der Waals surface area contributed by atoms with Crippen LogP contribution in [0.15, 0.2) is 41.1 Å². The molecule has 5 nitrogen and oxygen atoms in total. The minimum absolute atomic E-state index is 0.0171. The molecule has 1 atom stereocenters. The highest BCUT2D eigenvalue weighted by molar-refractivity contribution is 7.07. The van der Waals surface area contributed by atoms with Gasteiger partial charge in [0.1, 0.15) is 0 Å². The topological polar surface area (TPSA) is 50.8 Å². The quantitative estimate of drug-likeness (QED) is 0.786. The number of benzene rings is 1. The number of rotatable bonds is 8. The number of hydrogen-bond acceptors (Lipinski definition) is 5. The molecule has 0 spiro atoms. The number of likely N-dealkylation sites (tertiary alicyclic amines) is 1. The van der Waals surface area contributed by atoms with Gasteiger partial charge in [-0.05, 0) is 60.5 Å². The summed E-state index contributed by atoms with van der Waals surface area (Å²) in [6, 6.07) is 9.72. The Labute approximate surface area is 152 Å². The van der Waals surface area contributed by atoms with Crippen LogP contribution >= 0.6 is 11.3 Å². The van der Waals surface area contributed by atoms with E-state index in [0.717, 1.165) is 13.1 Å². The van der Waals surface area contributed by atoms with E-state index in [1.54, 1.807) is 24.5 Å². The maximum Gasteiger partial charge on any atom is 0.258 e. The molecule has 1 aliphatic heterocycles. The Balaban J connectivity index is 1.53. The second-order valence-corrected chi connectivity index (χ2v) is 6.84. The number of nitrogens with zero attached hydrogens (tertiary/aromatic N) is 1. The van der Waals surface area contributed by atoms with Crippen molar-refractivity contribution in [1.82, 2.24) is 10.2 Å². The molecule has 0 bridgehead atoms. The smallest absolute Gasteiger partial charge is 0.258 e. The van der Waals surface area contributed by atoms with E-state index in [1.165, 1.54) is 18.4 Å². The van der Waals surface area contributed by atoms with E-state index >= 15 is 0 Å². The maximum atomic E-state index is 12.2. The zero-order valence-corrected chi connectivity index (χ0v) is 15.3. The third-order valence-electron chi connectivity index (χ3n) is 4.43. The van der Waals surface area contributed by atoms with Crippen molar-refractivity contribution >= 4 is 17.2 Å². The SMILES string of the molecule is COc1ccccc1OCC(=O)NC[C@H](c1ccsc1)N1CCCC1. The Bertz CT molecular complexity index is 669. The second-order valence-electron chi connectivity index (χ2n) is 6.06. The fourth-order valence-corrected chi connectivity index (χ4v) is 3.83. The van der Waals surface area contributed by atoms with Gasteiger partial charge in [-0.25, -0.2) is 0 Å². The first-order valence-corrected chi connectivity index (χ1v) is 9.51. The van der Waals surface area contributed by atoms with Crippen molar-refractivity contribution < 1.29 is 14.3 Å². The lowest BCUT2D eigenvalue weighted by Crippen LogP contribution is -2.38. The van der Waals surface area contributed by atoms with Gasteiger partial charge in [0.2, 0.25) is 0 Å². The molecular weight excluding hydrogens is 336 g/mol. The van der Waals surface area contributed by atoms with Gasteiger partial charge in [-0.2, -0.15) is 11.3 Å². The van der Waals surface area contributed by atoms with Crippen molar-refractivity contribution in [2.24, 2.45) is 0 Å². The highest BCUT2D eigenvalue weighted by Crippen LogP contribution is 2.27. The number of methoxy groups -OCH3 is 1. The molecule has 0 saturated carbocycles. The van der Waals surface area contributed by atoms with Crippen LogP contribution in [0, 0.1) is 0 Å². The van der Waals surface area contributed by atoms with E-state index in [2.05, 4.69) is 27.0 Å². The maximum absolute atomic E-state index is 12.2. The fourth-order valence-electron chi connectivity index (χ4n) is 3.12. The molecule has 2 aromatic rings. The van der Waals surface area contributed by atoms with Crippen LogP contribution in [-0.4, -0.2) is 44.2 Å². The molecule has 1 saturated heterocycles. The van der Waals surface area contributed by atoms with Crippen molar-refractivity contribution in [3.8, 4) is 11.5 Å². The summed E-state index contributed by atoms with van der Waals surface area (Å²) in [5.74, 6) is 1.09. The van der Waals surface area contributed by atoms with E-state index in [-0.39, 0.29) is 18.6 Å². The normalized spacial score (nSPS) is 15.7. The van der Waals surface area contributed by atoms with Crippen molar-refractivity contribution in [3.63, 3.8) is 0 Å². The minimum atomic E-state index is -0.120. The summed E-state index contributed by atoms with van der Waals surface area (Å²) < 4.78 is 10.8. The zero-order chi connectivity index (χ0) is 17.5. The molecule has 1 N–H and O–H groups in total. The van der Waals surface area contributed by atoms with Gasteiger partial charge in [0.15, 0.2) is 18.1 Å². The van der Waals surface area contributed by atoms with E-state index < -0.39 is 0 Å². The first kappa shape index (κ1) is 17.8. The van der Waals surface area contributed by atoms with E-state index in [9.17, 15) is 4.79 Å². The van der Waals surface area contributed by atoms with Crippen molar-refractivity contribution in [3.05, 3.63) is 46.7 Å². The van der Waals surface area contributed by atoms with Gasteiger partial charge in [0.25, 0.3) is 5.91 Å². The summed E-state index contributed by atoms with van der Waals surface area (Å²) in [5.41, 5.74) is 1.28. The van der Waals surface area contributed by atoms with Gasteiger partial charge in [0.05, 0.1) is 13.2 Å². The molecule has 3 rings (SSSR count). The molecule has 0 unspecified atom stereocenters. The Morgan fingerprint density at radius 3 is 2.68 bits per heavy atom. The number of nitrogens with one attached hydrogen (secondary N) is 1. The predicted molar refractivity (Wildman–Crippen MR) is 99.4 cm³/mol. The second kappa shape index (κ2) is 8.87. The van der Waals surface area contributed by atoms with Gasteiger partial charge in [-0.3, -0.25) is 9.69 Å². The number of para-hydroxylation sites is 2. The minimum Gasteiger partial charge on any atom is -0.493 e. The van der Waals surface area contributed by atoms with Crippen LogP contribution < -0.4 is 14.8 Å². The van der Waals surface area contributed by atoms with Crippen molar-refractivity contribution in [2.75, 3.05) is 33.4 Å². The monoisotopic (exact) mass is 360 g/mol. The molecular formula is C19H24N2O3S. The van der Waals surface area contributed by atoms with Crippen LogP contribution in [0.1, 0.15) is 24.4 Å². The largest absolute Gasteiger partial charge is 0.493 e. The summed E-state index contributed by atoms with van der Waals surface area (Å²) in [5, 5.41) is 7.27. The molecule has 1 aromatic heterocycles. The van der Waals surface area contributed by atoms with E-state index in [4.69, 9.17) is 9.47 Å². The number of carbonyl (C=O) groups excluding carboxylic acids is 1. The Morgan fingerprint density at radius 2 is 2.00 bits per heavy atom. The number of hydrogen-bond donors (Lipinski definition) is 1. The average molecular weight is 360 g/mol. The molecule has 0 radical (unpaired) electrons. The molecule has 0 aliphatic carbocycles. The molecule has 2 heterocycles. The molecule has 1 amide bonds. The van der Waals surface area contributed by atoms with Crippen LogP contribution in [0.2, 0.25) is 0 Å². The lowest BCUT2D eigenvalue weighted by Gasteiger charge is -2.27. The summed E-state index contributed by atoms with van der Waals surface area (Å²) >= 11 is 1.69. The Kier molecular flexibility index (Phi) is 6.30. The van der Waals surface area contributed by atoms with Gasteiger partial charge < -0.3 is 14.8 Å². The molecule has 1 aliphatic rings. The molecule has 134 valence electrons. The molecule has 25 heavy (non-hydrogen) atoms. The van der Waals surface area contributed by atoms with Gasteiger partial charge in [0, 0.05) is 6.54 Å². The Morgan fingerprint density at radius 1 is 1.24 bits per heavy atom. The highest BCUT2D eigenvalue weighted by Gasteiger charge is 2.24. The Hall–Kier alpha value is -2.05. The first-order chi connectivity index (χ1) is 12.3. The van der Waals surface area contributed by atoms with Crippen molar-refractivity contribution in [2.45, 2.75) is 18.9 Å². The number of amides is 1. The van der Waals surface area contributed by atoms with Crippen LogP contribution in [0.5, 0.6) is 11.5 Å². The third-order valence-corrected chi connectivity index (χ3v) is 5.13. The zero-order valence-electron chi connectivity index (χ0n) is 14.4. The molecule has 6 heteroatoms. The fraction of sp³-hybridized carbons (Fsp3) is 0.421. The number of ether oxygens (including phenoxy) is 2. The third kappa shape index (κ3) is 4.74. The van der Waals surface area contributed by atoms with Crippen LogP contribution in [0.25, 0.3) is 0 Å². The van der Waals surface area contributed by atoms with Gasteiger partial charge in [-0.15, -0.1) is 0 Å². The van der Waals surface area contributed by atoms with Gasteiger partial charge in [-0.1, -0.05) is 12.1 Å². The summed E-state index contributed by atoms with van der Waals surface area (Å²) in [6.45, 7) is 2.77. The standard InChI is InChI=1S/C19H24N2O3S/c1-23-17-6-2-3-7-18(17)24-13-19(22)20-12-16(15-8-11-25-14-15)21-9-4-5-10-21/h2-3,6-8,11,14,16H,4-5,9-10,12-13H2,1H3,(H,20,22)/t16-/m1/s1. The first-order valence-electron chi connectivity index (χ1n) is 8.56. The lowest BCUT2D eigenvalue weighted by atomic mass is 10.1. The number of thiophene rings is 1. The summed E-state index contributed by atoms with van der Waals surface area (Å²) in [6.07, 6.45) is 2.46. The summed E-state index contributed by atoms with van der Waals surface area (Å²) in [7, 11) is 1.59. The van der Waals surface area contributed by atoms with E-state index in [0.29, 0.717) is 18.0 Å². The summed E-state index contributed by atoms with van der Waals surface area (Å²) in [4.78, 5) is 14.7. The number of carbonyl (C=O) groups is 1. The van der Waals surface area contributed by atoms with Gasteiger partial charge >= 0.3 is 0 Å². The van der Waals surface area contributed by atoms with Crippen molar-refractivity contribution in [1.29, 1.82) is 0 Å². The van der Waals surface area contributed by atoms with E-state index in [1.807, 2.05) is 18.2 Å². The predicted octanol–water partition coefficient (Wildman–Crippen LogP) is 3.09.